The maximum atomic E-state index is 13.2. The van der Waals surface area contributed by atoms with E-state index in [0.717, 1.165) is 5.56 Å². The van der Waals surface area contributed by atoms with Crippen molar-refractivity contribution in [3.05, 3.63) is 77.7 Å². The molecule has 1 heterocycles. The van der Waals surface area contributed by atoms with Crippen LogP contribution in [0.2, 0.25) is 0 Å². The number of methoxy groups -OCH3 is 1. The van der Waals surface area contributed by atoms with Gasteiger partial charge in [-0.3, -0.25) is 9.48 Å². The number of nitrogens with one attached hydrogen (secondary N) is 1. The van der Waals surface area contributed by atoms with Crippen molar-refractivity contribution in [2.75, 3.05) is 12.4 Å². The molecule has 0 aliphatic carbocycles. The lowest BCUT2D eigenvalue weighted by Gasteiger charge is -2.07. The summed E-state index contributed by atoms with van der Waals surface area (Å²) in [6, 6.07) is 15.0. The lowest BCUT2D eigenvalue weighted by molar-refractivity contribution is 0.102. The molecule has 3 aromatic rings. The van der Waals surface area contributed by atoms with Gasteiger partial charge < -0.3 is 10.1 Å². The summed E-state index contributed by atoms with van der Waals surface area (Å²) in [4.78, 5) is 12.3. The number of carbonyl (C=O) groups is 1. The number of anilines is 1. The van der Waals surface area contributed by atoms with Gasteiger partial charge in [0.25, 0.3) is 5.91 Å². The van der Waals surface area contributed by atoms with Gasteiger partial charge in [-0.1, -0.05) is 24.3 Å². The molecule has 1 amide bonds. The Labute approximate surface area is 138 Å². The molecule has 0 fully saturated rings. The topological polar surface area (TPSA) is 56.1 Å². The van der Waals surface area contributed by atoms with E-state index >= 15 is 0 Å². The van der Waals surface area contributed by atoms with Gasteiger partial charge in [0.2, 0.25) is 0 Å². The number of carbonyl (C=O) groups excluding carboxylic acids is 1. The molecule has 0 aliphatic heterocycles. The predicted octanol–water partition coefficient (Wildman–Crippen LogP) is 3.33. The van der Waals surface area contributed by atoms with Crippen LogP contribution in [0.4, 0.5) is 10.2 Å². The SMILES string of the molecule is COc1ccccc1C(=O)Nc1ccn(Cc2cccc(F)c2)n1. The smallest absolute Gasteiger partial charge is 0.260 e. The van der Waals surface area contributed by atoms with Crippen molar-refractivity contribution in [1.82, 2.24) is 9.78 Å². The van der Waals surface area contributed by atoms with Gasteiger partial charge in [-0.2, -0.15) is 5.10 Å². The fourth-order valence-electron chi connectivity index (χ4n) is 2.35. The zero-order valence-electron chi connectivity index (χ0n) is 13.1. The first-order chi connectivity index (χ1) is 11.7. The van der Waals surface area contributed by atoms with Crippen LogP contribution in [-0.2, 0) is 6.54 Å². The van der Waals surface area contributed by atoms with E-state index in [1.165, 1.54) is 19.2 Å². The highest BCUT2D eigenvalue weighted by Crippen LogP contribution is 2.18. The Bertz CT molecular complexity index is 861. The van der Waals surface area contributed by atoms with E-state index in [0.29, 0.717) is 23.7 Å². The zero-order chi connectivity index (χ0) is 16.9. The molecule has 0 atom stereocenters. The van der Waals surface area contributed by atoms with Crippen molar-refractivity contribution < 1.29 is 13.9 Å². The van der Waals surface area contributed by atoms with E-state index in [9.17, 15) is 9.18 Å². The van der Waals surface area contributed by atoms with Crippen LogP contribution in [0, 0.1) is 5.82 Å². The minimum absolute atomic E-state index is 0.288. The number of benzene rings is 2. The second kappa shape index (κ2) is 6.95. The second-order valence-electron chi connectivity index (χ2n) is 5.18. The Hall–Kier alpha value is -3.15. The van der Waals surface area contributed by atoms with Crippen molar-refractivity contribution in [3.63, 3.8) is 0 Å². The summed E-state index contributed by atoms with van der Waals surface area (Å²) in [7, 11) is 1.51. The molecule has 1 aromatic heterocycles. The average Bonchev–Trinajstić information content (AvgIpc) is 3.01. The molecule has 5 nitrogen and oxygen atoms in total. The van der Waals surface area contributed by atoms with Gasteiger partial charge in [0.15, 0.2) is 5.82 Å². The van der Waals surface area contributed by atoms with Gasteiger partial charge in [-0.05, 0) is 29.8 Å². The van der Waals surface area contributed by atoms with E-state index in [2.05, 4.69) is 10.4 Å². The summed E-state index contributed by atoms with van der Waals surface area (Å²) in [6.07, 6.45) is 1.72. The molecule has 6 heteroatoms. The fourth-order valence-corrected chi connectivity index (χ4v) is 2.35. The van der Waals surface area contributed by atoms with Gasteiger partial charge >= 0.3 is 0 Å². The van der Waals surface area contributed by atoms with Crippen LogP contribution in [-0.4, -0.2) is 22.8 Å². The normalized spacial score (nSPS) is 10.4. The summed E-state index contributed by atoms with van der Waals surface area (Å²) in [5.41, 5.74) is 1.22. The first-order valence-corrected chi connectivity index (χ1v) is 7.38. The molecule has 1 N–H and O–H groups in total. The van der Waals surface area contributed by atoms with Gasteiger partial charge in [0.1, 0.15) is 11.6 Å². The van der Waals surface area contributed by atoms with Gasteiger partial charge in [0.05, 0.1) is 19.2 Å². The Morgan fingerprint density at radius 3 is 2.83 bits per heavy atom. The third kappa shape index (κ3) is 3.60. The standard InChI is InChI=1S/C18H16FN3O2/c1-24-16-8-3-2-7-15(16)18(23)20-17-9-10-22(21-17)12-13-5-4-6-14(19)11-13/h2-11H,12H2,1H3,(H,20,21,23). The molecular weight excluding hydrogens is 309 g/mol. The van der Waals surface area contributed by atoms with Crippen LogP contribution in [0.25, 0.3) is 0 Å². The van der Waals surface area contributed by atoms with E-state index < -0.39 is 0 Å². The van der Waals surface area contributed by atoms with Gasteiger partial charge in [-0.25, -0.2) is 4.39 Å². The van der Waals surface area contributed by atoms with Crippen molar-refractivity contribution in [3.8, 4) is 5.75 Å². The molecule has 24 heavy (non-hydrogen) atoms. The highest BCUT2D eigenvalue weighted by molar-refractivity contribution is 6.05. The van der Waals surface area contributed by atoms with Crippen LogP contribution in [0.15, 0.2) is 60.8 Å². The minimum atomic E-state index is -0.302. The minimum Gasteiger partial charge on any atom is -0.496 e. The van der Waals surface area contributed by atoms with E-state index in [-0.39, 0.29) is 11.7 Å². The molecule has 0 saturated carbocycles. The Kier molecular flexibility index (Phi) is 4.56. The van der Waals surface area contributed by atoms with Crippen LogP contribution in [0.5, 0.6) is 5.75 Å². The summed E-state index contributed by atoms with van der Waals surface area (Å²) in [5, 5.41) is 7.00. The average molecular weight is 325 g/mol. The number of nitrogens with zero attached hydrogens (tertiary/aromatic N) is 2. The molecule has 0 radical (unpaired) electrons. The number of rotatable bonds is 5. The Morgan fingerprint density at radius 2 is 2.04 bits per heavy atom. The third-order valence-electron chi connectivity index (χ3n) is 3.47. The molecule has 0 aliphatic rings. The number of halogens is 1. The number of ether oxygens (including phenoxy) is 1. The van der Waals surface area contributed by atoms with Crippen molar-refractivity contribution >= 4 is 11.7 Å². The van der Waals surface area contributed by atoms with Gasteiger partial charge in [0, 0.05) is 12.3 Å². The van der Waals surface area contributed by atoms with Crippen molar-refractivity contribution in [2.24, 2.45) is 0 Å². The molecule has 3 rings (SSSR count). The fraction of sp³-hybridized carbons (Fsp3) is 0.111. The molecule has 0 unspecified atom stereocenters. The number of aromatic nitrogens is 2. The first kappa shape index (κ1) is 15.7. The molecule has 2 aromatic carbocycles. The molecule has 0 bridgehead atoms. The maximum absolute atomic E-state index is 13.2. The van der Waals surface area contributed by atoms with Crippen LogP contribution in [0.1, 0.15) is 15.9 Å². The monoisotopic (exact) mass is 325 g/mol. The number of hydrogen-bond donors (Lipinski definition) is 1. The van der Waals surface area contributed by atoms with E-state index in [1.54, 1.807) is 47.3 Å². The van der Waals surface area contributed by atoms with E-state index in [4.69, 9.17) is 4.74 Å². The number of amides is 1. The quantitative estimate of drug-likeness (QED) is 0.783. The Balaban J connectivity index is 1.71. The maximum Gasteiger partial charge on any atom is 0.260 e. The summed E-state index contributed by atoms with van der Waals surface area (Å²) >= 11 is 0. The Morgan fingerprint density at radius 1 is 1.21 bits per heavy atom. The molecule has 0 saturated heterocycles. The summed E-state index contributed by atoms with van der Waals surface area (Å²) in [5.74, 6) is 0.323. The molecule has 122 valence electrons. The predicted molar refractivity (Wildman–Crippen MR) is 88.7 cm³/mol. The van der Waals surface area contributed by atoms with Crippen LogP contribution in [0.3, 0.4) is 0 Å². The molecular formula is C18H16FN3O2. The number of para-hydroxylation sites is 1. The highest BCUT2D eigenvalue weighted by atomic mass is 19.1. The third-order valence-corrected chi connectivity index (χ3v) is 3.47. The van der Waals surface area contributed by atoms with E-state index in [1.807, 2.05) is 6.07 Å². The van der Waals surface area contributed by atoms with Crippen molar-refractivity contribution in [2.45, 2.75) is 6.54 Å². The lowest BCUT2D eigenvalue weighted by Crippen LogP contribution is -2.14. The number of hydrogen-bond acceptors (Lipinski definition) is 3. The van der Waals surface area contributed by atoms with Gasteiger partial charge in [-0.15, -0.1) is 0 Å². The summed E-state index contributed by atoms with van der Waals surface area (Å²) in [6.45, 7) is 0.419. The lowest BCUT2D eigenvalue weighted by atomic mass is 10.2. The summed E-state index contributed by atoms with van der Waals surface area (Å²) < 4.78 is 20.0. The first-order valence-electron chi connectivity index (χ1n) is 7.38. The second-order valence-corrected chi connectivity index (χ2v) is 5.18. The molecule has 0 spiro atoms. The zero-order valence-corrected chi connectivity index (χ0v) is 13.1. The van der Waals surface area contributed by atoms with Crippen LogP contribution >= 0.6 is 0 Å². The van der Waals surface area contributed by atoms with Crippen LogP contribution < -0.4 is 10.1 Å². The largest absolute Gasteiger partial charge is 0.496 e. The van der Waals surface area contributed by atoms with Crippen molar-refractivity contribution in [1.29, 1.82) is 0 Å². The highest BCUT2D eigenvalue weighted by Gasteiger charge is 2.12.